The van der Waals surface area contributed by atoms with Crippen LogP contribution < -0.4 is 4.90 Å². The van der Waals surface area contributed by atoms with Gasteiger partial charge in [0.25, 0.3) is 0 Å². The molecule has 2 heteroatoms. The van der Waals surface area contributed by atoms with Crippen LogP contribution in [0.3, 0.4) is 0 Å². The van der Waals surface area contributed by atoms with Crippen LogP contribution in [0.15, 0.2) is 254 Å². The number of hydrogen-bond acceptors (Lipinski definition) is 1. The molecule has 0 atom stereocenters. The Morgan fingerprint density at radius 2 is 0.855 bits per heavy atom. The Kier molecular flexibility index (Phi) is 4.83. The maximum atomic E-state index is 9.97. The van der Waals surface area contributed by atoms with Crippen LogP contribution in [-0.4, -0.2) is 4.57 Å². The van der Waals surface area contributed by atoms with Gasteiger partial charge in [0, 0.05) is 33.4 Å². The predicted octanol–water partition coefficient (Wildman–Crippen LogP) is 16.6. The maximum Gasteiger partial charge on any atom is 0.0645 e. The minimum absolute atomic E-state index is 0.127. The van der Waals surface area contributed by atoms with Crippen molar-refractivity contribution >= 4 is 38.9 Å². The summed E-state index contributed by atoms with van der Waals surface area (Å²) < 4.78 is 240. The molecule has 0 saturated carbocycles. The van der Waals surface area contributed by atoms with E-state index in [2.05, 4.69) is 0 Å². The maximum absolute atomic E-state index is 9.97. The van der Waals surface area contributed by atoms with Crippen LogP contribution >= 0.6 is 0 Å². The summed E-state index contributed by atoms with van der Waals surface area (Å²) in [5, 5.41) is 1.33. The molecule has 1 heterocycles. The van der Waals surface area contributed by atoms with E-state index < -0.39 is 208 Å². The van der Waals surface area contributed by atoms with Gasteiger partial charge in [0.2, 0.25) is 0 Å². The van der Waals surface area contributed by atoms with Crippen LogP contribution in [0.5, 0.6) is 0 Å². The Morgan fingerprint density at radius 1 is 0.339 bits per heavy atom. The minimum atomic E-state index is -1.27. The van der Waals surface area contributed by atoms with E-state index in [1.165, 1.54) is 0 Å². The Balaban J connectivity index is 1.27. The average Bonchev–Trinajstić information content (AvgIpc) is 0.801. The van der Waals surface area contributed by atoms with Crippen LogP contribution in [0.2, 0.25) is 0 Å². The number of nitrogens with zero attached hydrogens (tertiary/aromatic N) is 2. The first kappa shape index (κ1) is 18.6. The first-order chi connectivity index (χ1) is 41.6. The summed E-state index contributed by atoms with van der Waals surface area (Å²) in [4.78, 5) is 0.428. The SMILES string of the molecule is [2H]c1c([2H])c([2H])c(-c2c([2H])c([2H])c(N(c3c([2H])c([2H])c(-c4ccc5c(c4)c4ccccc4n5-c4cccc(-c5ccccc5)c4)c([2H])c3[2H])c3c([2H])c([2H])c(-c4c([2H])c([2H])c([2H])c([2H])c4[2H])c([2H])c3-c3c([2H])c([2H])c([2H])c([2H])c3[2H])c([2H])c2[2H])c([2H])c1[2H]. The molecule has 0 fully saturated rings. The highest BCUT2D eigenvalue weighted by molar-refractivity contribution is 6.10. The van der Waals surface area contributed by atoms with Gasteiger partial charge in [-0.1, -0.05) is 188 Å². The molecule has 0 bridgehead atoms. The molecule has 2 nitrogen and oxygen atoms in total. The van der Waals surface area contributed by atoms with Crippen molar-refractivity contribution in [3.63, 3.8) is 0 Å². The molecule has 62 heavy (non-hydrogen) atoms. The van der Waals surface area contributed by atoms with Gasteiger partial charge in [0.05, 0.1) is 52.4 Å². The van der Waals surface area contributed by atoms with E-state index in [1.54, 1.807) is 18.2 Å². The Bertz CT molecular complexity index is 4740. The second-order valence-electron chi connectivity index (χ2n) is 13.8. The molecule has 0 radical (unpaired) electrons. The van der Waals surface area contributed by atoms with E-state index in [9.17, 15) is 17.8 Å². The third kappa shape index (κ3) is 6.94. The van der Waals surface area contributed by atoms with Crippen molar-refractivity contribution in [2.75, 3.05) is 4.90 Å². The third-order valence-corrected chi connectivity index (χ3v) is 10.1. The molecular weight excluding hydrogens is 749 g/mol. The van der Waals surface area contributed by atoms with Crippen LogP contribution in [0.1, 0.15) is 35.6 Å². The number of benzene rings is 10. The number of anilines is 3. The number of fused-ring (bicyclic) bond motifs is 3. The zero-order valence-corrected chi connectivity index (χ0v) is 32.1. The first-order valence-corrected chi connectivity index (χ1v) is 19.1. The van der Waals surface area contributed by atoms with Gasteiger partial charge in [-0.25, -0.2) is 0 Å². The highest BCUT2D eigenvalue weighted by Gasteiger charge is 2.20. The first-order valence-electron chi connectivity index (χ1n) is 32.1. The molecule has 0 amide bonds. The Labute approximate surface area is 399 Å². The van der Waals surface area contributed by atoms with E-state index in [4.69, 9.17) is 17.8 Å². The molecule has 292 valence electrons. The summed E-state index contributed by atoms with van der Waals surface area (Å²) in [6.07, 6.45) is 0. The molecule has 0 aliphatic carbocycles. The molecule has 0 aliphatic heterocycles. The molecule has 11 rings (SSSR count). The third-order valence-electron chi connectivity index (χ3n) is 10.1. The van der Waals surface area contributed by atoms with E-state index in [0.29, 0.717) is 15.8 Å². The molecule has 0 spiro atoms. The second kappa shape index (κ2) is 16.1. The van der Waals surface area contributed by atoms with Gasteiger partial charge in [0.1, 0.15) is 0 Å². The molecule has 0 saturated heterocycles. The van der Waals surface area contributed by atoms with Gasteiger partial charge >= 0.3 is 0 Å². The lowest BCUT2D eigenvalue weighted by Gasteiger charge is -2.29. The van der Waals surface area contributed by atoms with Gasteiger partial charge in [-0.05, 0) is 117 Å². The Morgan fingerprint density at radius 3 is 1.53 bits per heavy atom. The summed E-state index contributed by atoms with van der Waals surface area (Å²) in [6, 6.07) is 2.93. The highest BCUT2D eigenvalue weighted by Crippen LogP contribution is 2.44. The zero-order valence-electron chi connectivity index (χ0n) is 58.1. The number of aromatic nitrogens is 1. The van der Waals surface area contributed by atoms with E-state index >= 15 is 0 Å². The largest absolute Gasteiger partial charge is 0.310 e. The minimum Gasteiger partial charge on any atom is -0.310 e. The lowest BCUT2D eigenvalue weighted by atomic mass is 9.96. The van der Waals surface area contributed by atoms with E-state index in [1.807, 2.05) is 83.4 Å². The number of para-hydroxylation sites is 1. The van der Waals surface area contributed by atoms with Gasteiger partial charge in [-0.15, -0.1) is 0 Å². The number of hydrogen-bond donors (Lipinski definition) is 0. The summed E-state index contributed by atoms with van der Waals surface area (Å²) in [7, 11) is 0. The van der Waals surface area contributed by atoms with Gasteiger partial charge in [0.15, 0.2) is 0 Å². The van der Waals surface area contributed by atoms with Crippen molar-refractivity contribution in [2.24, 2.45) is 0 Å². The smallest absolute Gasteiger partial charge is 0.0645 e. The Hall–Kier alpha value is -8.20. The standard InChI is InChI=1S/C60H42N2/c1-5-16-43(17-6-1)46-28-34-52(35-29-46)61(59-38-32-50(45-20-9-3-10-21-45)41-56(59)48-22-11-4-12-23-48)53-36-30-47(31-37-53)51-33-39-60-57(42-51)55-26-13-14-27-58(55)62(60)54-25-15-24-49(40-54)44-18-7-2-8-19-44/h1-42H/i1D,3D,4D,5D,6D,9D,10D,11D,12D,16D,17D,20D,21D,22D,23D,28D,29D,30D,31D,32D,34D,35D,36D,37D,38D,41D. The van der Waals surface area contributed by atoms with Crippen LogP contribution in [0.25, 0.3) is 83.1 Å². The monoisotopic (exact) mass is 816 g/mol. The molecule has 0 aliphatic rings. The molecule has 11 aromatic rings. The van der Waals surface area contributed by atoms with Crippen molar-refractivity contribution in [2.45, 2.75) is 0 Å². The topological polar surface area (TPSA) is 8.17 Å². The van der Waals surface area contributed by atoms with E-state index in [-0.39, 0.29) is 11.1 Å². The predicted molar refractivity (Wildman–Crippen MR) is 263 cm³/mol. The fraction of sp³-hybridized carbons (Fsp3) is 0. The van der Waals surface area contributed by atoms with E-state index in [0.717, 1.165) is 27.7 Å². The van der Waals surface area contributed by atoms with Crippen molar-refractivity contribution in [3.8, 4) is 61.3 Å². The van der Waals surface area contributed by atoms with Crippen molar-refractivity contribution in [3.05, 3.63) is 254 Å². The molecule has 10 aromatic carbocycles. The molecule has 1 aromatic heterocycles. The molecule has 0 N–H and O–H groups in total. The van der Waals surface area contributed by atoms with Crippen LogP contribution in [-0.2, 0) is 0 Å². The lowest BCUT2D eigenvalue weighted by molar-refractivity contribution is 1.18. The van der Waals surface area contributed by atoms with Crippen molar-refractivity contribution in [1.82, 2.24) is 4.57 Å². The average molecular weight is 817 g/mol. The lowest BCUT2D eigenvalue weighted by Crippen LogP contribution is -2.11. The van der Waals surface area contributed by atoms with Gasteiger partial charge < -0.3 is 9.47 Å². The second-order valence-corrected chi connectivity index (χ2v) is 13.8. The van der Waals surface area contributed by atoms with Crippen molar-refractivity contribution in [1.29, 1.82) is 0 Å². The summed E-state index contributed by atoms with van der Waals surface area (Å²) >= 11 is 0. The molecular formula is C60H42N2. The highest BCUT2D eigenvalue weighted by atomic mass is 15.1. The summed E-state index contributed by atoms with van der Waals surface area (Å²) in [5.74, 6) is 0. The summed E-state index contributed by atoms with van der Waals surface area (Å²) in [5.41, 5.74) is -4.91. The summed E-state index contributed by atoms with van der Waals surface area (Å²) in [6.45, 7) is 0. The number of rotatable bonds is 9. The fourth-order valence-electron chi connectivity index (χ4n) is 7.30. The fourth-order valence-corrected chi connectivity index (χ4v) is 7.30. The quantitative estimate of drug-likeness (QED) is 0.141. The van der Waals surface area contributed by atoms with Crippen LogP contribution in [0, 0.1) is 0 Å². The van der Waals surface area contributed by atoms with Crippen LogP contribution in [0.4, 0.5) is 17.1 Å². The zero-order chi connectivity index (χ0) is 63.9. The van der Waals surface area contributed by atoms with Gasteiger partial charge in [-0.2, -0.15) is 0 Å². The van der Waals surface area contributed by atoms with Crippen molar-refractivity contribution < 1.29 is 35.6 Å². The molecule has 0 unspecified atom stereocenters. The normalized spacial score (nSPS) is 17.1. The van der Waals surface area contributed by atoms with Gasteiger partial charge in [-0.3, -0.25) is 0 Å².